The Hall–Kier alpha value is -3.37. The van der Waals surface area contributed by atoms with E-state index in [2.05, 4.69) is 37.0 Å². The SMILES string of the molecule is O=c1c2ccccc2nc(C2CCCCC2)n1N=Cc1cc(Br)c(OCc2ccc([N+](=O)[O-])cc2)c(Br)c1. The van der Waals surface area contributed by atoms with E-state index in [1.165, 1.54) is 23.2 Å². The molecule has 1 aromatic heterocycles. The second-order valence-corrected chi connectivity index (χ2v) is 10.9. The van der Waals surface area contributed by atoms with Crippen LogP contribution < -0.4 is 10.3 Å². The van der Waals surface area contributed by atoms with E-state index in [0.717, 1.165) is 36.8 Å². The number of nitro groups is 1. The number of fused-ring (bicyclic) bond motifs is 1. The van der Waals surface area contributed by atoms with Gasteiger partial charge in [-0.1, -0.05) is 31.4 Å². The molecule has 10 heteroatoms. The van der Waals surface area contributed by atoms with Crippen molar-refractivity contribution in [3.63, 3.8) is 0 Å². The summed E-state index contributed by atoms with van der Waals surface area (Å²) in [6.07, 6.45) is 7.10. The molecule has 0 spiro atoms. The lowest BCUT2D eigenvalue weighted by molar-refractivity contribution is -0.384. The quantitative estimate of drug-likeness (QED) is 0.120. The van der Waals surface area contributed by atoms with Crippen molar-refractivity contribution in [3.05, 3.63) is 107 Å². The van der Waals surface area contributed by atoms with Gasteiger partial charge in [-0.05, 0) is 92.2 Å². The fraction of sp³-hybridized carbons (Fsp3) is 0.250. The molecule has 0 unspecified atom stereocenters. The molecule has 1 saturated carbocycles. The van der Waals surface area contributed by atoms with Crippen LogP contribution in [-0.2, 0) is 6.61 Å². The van der Waals surface area contributed by atoms with Crippen LogP contribution in [0.1, 0.15) is 55.0 Å². The first-order valence-electron chi connectivity index (χ1n) is 12.3. The second-order valence-electron chi connectivity index (χ2n) is 9.21. The first kappa shape index (κ1) is 26.2. The predicted octanol–water partition coefficient (Wildman–Crippen LogP) is 7.34. The number of hydrogen-bond donors (Lipinski definition) is 0. The second kappa shape index (κ2) is 11.6. The zero-order valence-electron chi connectivity index (χ0n) is 20.3. The highest BCUT2D eigenvalue weighted by atomic mass is 79.9. The number of benzene rings is 3. The molecule has 0 aliphatic heterocycles. The number of hydrogen-bond acceptors (Lipinski definition) is 6. The van der Waals surface area contributed by atoms with Gasteiger partial charge in [0.15, 0.2) is 0 Å². The van der Waals surface area contributed by atoms with Gasteiger partial charge in [-0.15, -0.1) is 0 Å². The van der Waals surface area contributed by atoms with Gasteiger partial charge in [0.1, 0.15) is 18.2 Å². The van der Waals surface area contributed by atoms with Gasteiger partial charge in [0, 0.05) is 18.1 Å². The monoisotopic (exact) mass is 638 g/mol. The number of aromatic nitrogens is 2. The molecule has 1 aliphatic rings. The maximum Gasteiger partial charge on any atom is 0.282 e. The summed E-state index contributed by atoms with van der Waals surface area (Å²) >= 11 is 7.13. The molecular formula is C28H24Br2N4O4. The van der Waals surface area contributed by atoms with E-state index >= 15 is 0 Å². The van der Waals surface area contributed by atoms with Crippen LogP contribution in [-0.4, -0.2) is 20.8 Å². The Bertz CT molecular complexity index is 1560. The average Bonchev–Trinajstić information content (AvgIpc) is 2.93. The van der Waals surface area contributed by atoms with E-state index in [9.17, 15) is 14.9 Å². The van der Waals surface area contributed by atoms with Crippen molar-refractivity contribution in [2.45, 2.75) is 44.6 Å². The summed E-state index contributed by atoms with van der Waals surface area (Å²) in [6, 6.07) is 17.4. The molecule has 1 heterocycles. The highest BCUT2D eigenvalue weighted by Crippen LogP contribution is 2.35. The number of nitrogens with zero attached hydrogens (tertiary/aromatic N) is 4. The van der Waals surface area contributed by atoms with Crippen molar-refractivity contribution in [3.8, 4) is 5.75 Å². The Morgan fingerprint density at radius 1 is 1.05 bits per heavy atom. The molecule has 1 aliphatic carbocycles. The van der Waals surface area contributed by atoms with Crippen LogP contribution in [0.2, 0.25) is 0 Å². The maximum atomic E-state index is 13.4. The largest absolute Gasteiger partial charge is 0.487 e. The lowest BCUT2D eigenvalue weighted by Gasteiger charge is -2.22. The van der Waals surface area contributed by atoms with Gasteiger partial charge in [-0.25, -0.2) is 4.98 Å². The van der Waals surface area contributed by atoms with Crippen molar-refractivity contribution in [1.29, 1.82) is 0 Å². The Balaban J connectivity index is 1.41. The molecule has 0 bridgehead atoms. The Morgan fingerprint density at radius 2 is 1.74 bits per heavy atom. The van der Waals surface area contributed by atoms with Crippen molar-refractivity contribution >= 4 is 54.7 Å². The van der Waals surface area contributed by atoms with Gasteiger partial charge in [-0.2, -0.15) is 9.78 Å². The standard InChI is InChI=1S/C28H24Br2N4O4/c29-23-14-19(15-24(30)26(23)38-17-18-10-12-21(13-11-18)34(36)37)16-31-33-27(20-6-2-1-3-7-20)32-25-9-5-4-8-22(25)28(33)35/h4-5,8-16,20H,1-3,6-7,17H2. The number of rotatable bonds is 7. The van der Waals surface area contributed by atoms with Crippen LogP contribution in [0.5, 0.6) is 5.75 Å². The van der Waals surface area contributed by atoms with Crippen molar-refractivity contribution in [1.82, 2.24) is 9.66 Å². The van der Waals surface area contributed by atoms with Gasteiger partial charge in [0.05, 0.1) is 31.0 Å². The van der Waals surface area contributed by atoms with E-state index in [-0.39, 0.29) is 23.8 Å². The molecule has 38 heavy (non-hydrogen) atoms. The molecule has 0 amide bonds. The van der Waals surface area contributed by atoms with Crippen LogP contribution in [0, 0.1) is 10.1 Å². The minimum Gasteiger partial charge on any atom is -0.487 e. The summed E-state index contributed by atoms with van der Waals surface area (Å²) in [5.74, 6) is 1.51. The summed E-state index contributed by atoms with van der Waals surface area (Å²) in [5, 5.41) is 16.0. The number of non-ortho nitro benzene ring substituents is 1. The fourth-order valence-electron chi connectivity index (χ4n) is 4.66. The first-order valence-corrected chi connectivity index (χ1v) is 13.9. The van der Waals surface area contributed by atoms with Crippen LogP contribution >= 0.6 is 31.9 Å². The molecule has 1 fully saturated rings. The predicted molar refractivity (Wildman–Crippen MR) is 154 cm³/mol. The van der Waals surface area contributed by atoms with Crippen molar-refractivity contribution in [2.24, 2.45) is 5.10 Å². The van der Waals surface area contributed by atoms with Crippen molar-refractivity contribution < 1.29 is 9.66 Å². The third-order valence-corrected chi connectivity index (χ3v) is 7.80. The summed E-state index contributed by atoms with van der Waals surface area (Å²) in [7, 11) is 0. The number of halogens is 2. The van der Waals surface area contributed by atoms with E-state index < -0.39 is 4.92 Å². The molecule has 0 saturated heterocycles. The molecule has 4 aromatic rings. The van der Waals surface area contributed by atoms with Gasteiger partial charge in [0.2, 0.25) is 0 Å². The maximum absolute atomic E-state index is 13.4. The van der Waals surface area contributed by atoms with Crippen LogP contribution in [0.15, 0.2) is 79.5 Å². The molecule has 194 valence electrons. The normalized spacial score (nSPS) is 14.3. The minimum atomic E-state index is -0.432. The van der Waals surface area contributed by atoms with Gasteiger partial charge in [-0.3, -0.25) is 14.9 Å². The highest BCUT2D eigenvalue weighted by molar-refractivity contribution is 9.11. The number of ether oxygens (including phenoxy) is 1. The number of nitro benzene ring substituents is 1. The van der Waals surface area contributed by atoms with Gasteiger partial charge < -0.3 is 4.74 Å². The molecule has 3 aromatic carbocycles. The summed E-state index contributed by atoms with van der Waals surface area (Å²) < 4.78 is 8.82. The molecule has 0 N–H and O–H groups in total. The zero-order chi connectivity index (χ0) is 26.6. The van der Waals surface area contributed by atoms with Crippen molar-refractivity contribution in [2.75, 3.05) is 0 Å². The third-order valence-electron chi connectivity index (χ3n) is 6.62. The Labute approximate surface area is 235 Å². The van der Waals surface area contributed by atoms with E-state index in [1.54, 1.807) is 24.4 Å². The van der Waals surface area contributed by atoms with Crippen LogP contribution in [0.4, 0.5) is 5.69 Å². The third kappa shape index (κ3) is 5.71. The summed E-state index contributed by atoms with van der Waals surface area (Å²) in [5.41, 5.74) is 2.13. The molecule has 5 rings (SSSR count). The minimum absolute atomic E-state index is 0.0344. The smallest absolute Gasteiger partial charge is 0.282 e. The van der Waals surface area contributed by atoms with Crippen LogP contribution in [0.25, 0.3) is 10.9 Å². The van der Waals surface area contributed by atoms with E-state index in [4.69, 9.17) is 9.72 Å². The van der Waals surface area contributed by atoms with E-state index in [0.29, 0.717) is 31.4 Å². The molecular weight excluding hydrogens is 616 g/mol. The molecule has 0 atom stereocenters. The Morgan fingerprint density at radius 3 is 2.42 bits per heavy atom. The summed E-state index contributed by atoms with van der Waals surface area (Å²) in [4.78, 5) is 28.7. The first-order chi connectivity index (χ1) is 18.4. The topological polar surface area (TPSA) is 99.6 Å². The number of para-hydroxylation sites is 1. The Kier molecular flexibility index (Phi) is 7.99. The van der Waals surface area contributed by atoms with Gasteiger partial charge >= 0.3 is 0 Å². The van der Waals surface area contributed by atoms with Gasteiger partial charge in [0.25, 0.3) is 11.2 Å². The summed E-state index contributed by atoms with van der Waals surface area (Å²) in [6.45, 7) is 0.242. The van der Waals surface area contributed by atoms with E-state index in [1.807, 2.05) is 30.3 Å². The zero-order valence-corrected chi connectivity index (χ0v) is 23.5. The van der Waals surface area contributed by atoms with Crippen LogP contribution in [0.3, 0.4) is 0 Å². The average molecular weight is 640 g/mol. The highest BCUT2D eigenvalue weighted by Gasteiger charge is 2.22. The lowest BCUT2D eigenvalue weighted by atomic mass is 9.88. The molecule has 8 nitrogen and oxygen atoms in total. The fourth-order valence-corrected chi connectivity index (χ4v) is 6.11. The molecule has 0 radical (unpaired) electrons. The lowest BCUT2D eigenvalue weighted by Crippen LogP contribution is -2.25.